The molecular formula is C41H46N6O9S. The van der Waals surface area contributed by atoms with Crippen molar-refractivity contribution in [1.82, 2.24) is 19.9 Å². The number of nitrogens with zero attached hydrogens (tertiary/aromatic N) is 2. The lowest BCUT2D eigenvalue weighted by Crippen LogP contribution is -2.57. The Hall–Kier alpha value is -5.84. The van der Waals surface area contributed by atoms with E-state index < -0.39 is 68.5 Å². The van der Waals surface area contributed by atoms with E-state index in [1.54, 1.807) is 58.2 Å². The fourth-order valence-electron chi connectivity index (χ4n) is 7.09. The average molecular weight is 799 g/mol. The van der Waals surface area contributed by atoms with Crippen molar-refractivity contribution in [3.8, 4) is 22.8 Å². The number of nitrogens with two attached hydrogens (primary N) is 2. The summed E-state index contributed by atoms with van der Waals surface area (Å²) < 4.78 is 45.6. The van der Waals surface area contributed by atoms with Crippen molar-refractivity contribution in [2.45, 2.75) is 67.8 Å². The predicted octanol–water partition coefficient (Wildman–Crippen LogP) is 3.46. The van der Waals surface area contributed by atoms with Crippen LogP contribution in [0.4, 0.5) is 4.79 Å². The number of amides is 3. The second-order valence-electron chi connectivity index (χ2n) is 15.1. The van der Waals surface area contributed by atoms with Gasteiger partial charge in [0.25, 0.3) is 15.9 Å². The second-order valence-corrected chi connectivity index (χ2v) is 16.8. The molecule has 1 aromatic heterocycles. The first-order chi connectivity index (χ1) is 26.9. The highest BCUT2D eigenvalue weighted by atomic mass is 32.2. The Labute approximate surface area is 330 Å². The Bertz CT molecular complexity index is 2320. The van der Waals surface area contributed by atoms with Gasteiger partial charge in [0, 0.05) is 36.0 Å². The largest absolute Gasteiger partial charge is 0.497 e. The van der Waals surface area contributed by atoms with Crippen LogP contribution in [0.1, 0.15) is 33.6 Å². The van der Waals surface area contributed by atoms with Crippen molar-refractivity contribution in [1.29, 1.82) is 0 Å². The van der Waals surface area contributed by atoms with Crippen molar-refractivity contribution in [3.05, 3.63) is 97.6 Å². The fourth-order valence-corrected chi connectivity index (χ4v) is 8.15. The minimum Gasteiger partial charge on any atom is -0.497 e. The molecule has 1 saturated heterocycles. The maximum absolute atomic E-state index is 14.8. The number of likely N-dealkylation sites (tertiary alicyclic amines) is 1. The van der Waals surface area contributed by atoms with Crippen LogP contribution in [-0.4, -0.2) is 91.5 Å². The zero-order valence-corrected chi connectivity index (χ0v) is 32.9. The van der Waals surface area contributed by atoms with Crippen molar-refractivity contribution in [2.24, 2.45) is 16.9 Å². The molecule has 5 atom stereocenters. The van der Waals surface area contributed by atoms with E-state index in [2.05, 4.69) is 11.9 Å². The first-order valence-corrected chi connectivity index (χ1v) is 19.7. The Morgan fingerprint density at radius 2 is 1.70 bits per heavy atom. The van der Waals surface area contributed by atoms with Crippen molar-refractivity contribution in [2.75, 3.05) is 20.2 Å². The summed E-state index contributed by atoms with van der Waals surface area (Å²) in [6.07, 6.45) is -0.827. The molecule has 2 aliphatic rings. The Morgan fingerprint density at radius 3 is 2.32 bits per heavy atom. The number of carbonyl (C=O) groups excluding carboxylic acids is 4. The Morgan fingerprint density at radius 1 is 1.04 bits per heavy atom. The molecule has 0 radical (unpaired) electrons. The van der Waals surface area contributed by atoms with Crippen molar-refractivity contribution in [3.63, 3.8) is 0 Å². The third-order valence-electron chi connectivity index (χ3n) is 10.1. The summed E-state index contributed by atoms with van der Waals surface area (Å²) in [6, 6.07) is 21.2. The summed E-state index contributed by atoms with van der Waals surface area (Å²) in [7, 11) is -2.80. The fraction of sp³-hybridized carbons (Fsp3) is 0.341. The summed E-state index contributed by atoms with van der Waals surface area (Å²) in [5, 5.41) is 3.14. The molecule has 0 bridgehead atoms. The van der Waals surface area contributed by atoms with Gasteiger partial charge >= 0.3 is 6.09 Å². The van der Waals surface area contributed by atoms with Gasteiger partial charge in [-0.3, -0.25) is 14.4 Å². The van der Waals surface area contributed by atoms with Gasteiger partial charge in [-0.2, -0.15) is 0 Å². The Balaban J connectivity index is 1.34. The lowest BCUT2D eigenvalue weighted by atomic mass is 9.88. The summed E-state index contributed by atoms with van der Waals surface area (Å²) in [5.74, 6) is -1.49. The molecule has 3 aromatic carbocycles. The number of ketones is 1. The van der Waals surface area contributed by atoms with Crippen LogP contribution in [0, 0.1) is 5.41 Å². The molecule has 4 aromatic rings. The van der Waals surface area contributed by atoms with Gasteiger partial charge in [-0.25, -0.2) is 22.9 Å². The molecule has 15 nitrogen and oxygen atoms in total. The number of alkyl carbamates (subject to hydrolysis) is 1. The molecule has 1 saturated carbocycles. The first kappa shape index (κ1) is 40.8. The number of aromatic nitrogens is 1. The highest BCUT2D eigenvalue weighted by Crippen LogP contribution is 2.58. The number of pyridine rings is 1. The molecule has 2 heterocycles. The van der Waals surface area contributed by atoms with Crippen LogP contribution >= 0.6 is 0 Å². The second kappa shape index (κ2) is 15.6. The number of methoxy groups -OCH3 is 1. The molecule has 300 valence electrons. The Kier molecular flexibility index (Phi) is 11.2. The van der Waals surface area contributed by atoms with E-state index in [1.165, 1.54) is 35.2 Å². The zero-order valence-electron chi connectivity index (χ0n) is 32.1. The molecule has 6 rings (SSSR count). The number of benzene rings is 3. The number of ether oxygens (including phenoxy) is 3. The van der Waals surface area contributed by atoms with Gasteiger partial charge in [0.05, 0.1) is 41.2 Å². The van der Waals surface area contributed by atoms with Gasteiger partial charge in [0.2, 0.25) is 5.91 Å². The van der Waals surface area contributed by atoms with E-state index >= 15 is 0 Å². The first-order valence-electron chi connectivity index (χ1n) is 18.3. The molecule has 2 fully saturated rings. The van der Waals surface area contributed by atoms with Gasteiger partial charge in [-0.15, -0.1) is 6.58 Å². The summed E-state index contributed by atoms with van der Waals surface area (Å²) in [4.78, 5) is 61.4. The quantitative estimate of drug-likeness (QED) is 0.143. The molecular weight excluding hydrogens is 753 g/mol. The number of fused-ring (bicyclic) bond motifs is 1. The highest BCUT2D eigenvalue weighted by Gasteiger charge is 2.74. The van der Waals surface area contributed by atoms with Crippen LogP contribution in [0.2, 0.25) is 0 Å². The SMILES string of the molecule is C=C[C@@]1(C(=O)[C@@H]2C[C@@H](Oc3cc(-c4ccccc4)nc4cc(OC)ccc34)CN2C(=O)[C@H](CN)NC(=O)OC(C)(C)C)C[C@]1(N)C(=O)NS(=O)(=O)c1ccccc1. The molecule has 1 aliphatic carbocycles. The minimum atomic E-state index is -4.35. The normalized spacial score (nSPS) is 22.2. The van der Waals surface area contributed by atoms with E-state index in [0.29, 0.717) is 28.1 Å². The number of hydrogen-bond donors (Lipinski definition) is 4. The molecule has 0 spiro atoms. The van der Waals surface area contributed by atoms with Gasteiger partial charge < -0.3 is 35.9 Å². The van der Waals surface area contributed by atoms with Crippen LogP contribution in [0.5, 0.6) is 11.5 Å². The summed E-state index contributed by atoms with van der Waals surface area (Å²) >= 11 is 0. The van der Waals surface area contributed by atoms with E-state index in [4.69, 9.17) is 30.7 Å². The van der Waals surface area contributed by atoms with Gasteiger partial charge in [-0.1, -0.05) is 54.6 Å². The topological polar surface area (TPSA) is 222 Å². The van der Waals surface area contributed by atoms with E-state index in [-0.39, 0.29) is 30.8 Å². The molecule has 3 amide bonds. The van der Waals surface area contributed by atoms with Crippen LogP contribution in [0.3, 0.4) is 0 Å². The zero-order chi connectivity index (χ0) is 41.3. The monoisotopic (exact) mass is 798 g/mol. The maximum Gasteiger partial charge on any atom is 0.408 e. The highest BCUT2D eigenvalue weighted by molar-refractivity contribution is 7.90. The number of nitrogens with one attached hydrogen (secondary N) is 2. The molecule has 0 unspecified atom stereocenters. The van der Waals surface area contributed by atoms with Crippen molar-refractivity contribution >= 4 is 44.6 Å². The number of sulfonamides is 1. The van der Waals surface area contributed by atoms with E-state index in [0.717, 1.165) is 5.56 Å². The molecule has 16 heteroatoms. The maximum atomic E-state index is 14.8. The van der Waals surface area contributed by atoms with Crippen LogP contribution in [0.25, 0.3) is 22.2 Å². The summed E-state index contributed by atoms with van der Waals surface area (Å²) in [6.45, 7) is 8.32. The number of Topliss-reactive ketones (excluding diaryl/α,β-unsaturated/α-hetero) is 1. The van der Waals surface area contributed by atoms with Gasteiger partial charge in [0.1, 0.15) is 34.8 Å². The molecule has 1 aliphatic heterocycles. The molecule has 57 heavy (non-hydrogen) atoms. The molecule has 6 N–H and O–H groups in total. The lowest BCUT2D eigenvalue weighted by molar-refractivity contribution is -0.141. The third-order valence-corrected chi connectivity index (χ3v) is 11.5. The smallest absolute Gasteiger partial charge is 0.408 e. The van der Waals surface area contributed by atoms with Crippen molar-refractivity contribution < 1.29 is 41.8 Å². The summed E-state index contributed by atoms with van der Waals surface area (Å²) in [5.41, 5.74) is 9.90. The van der Waals surface area contributed by atoms with E-state index in [1.807, 2.05) is 35.1 Å². The van der Waals surface area contributed by atoms with Crippen LogP contribution in [-0.2, 0) is 29.1 Å². The number of hydrogen-bond acceptors (Lipinski definition) is 12. The van der Waals surface area contributed by atoms with Gasteiger partial charge in [0.15, 0.2) is 5.78 Å². The van der Waals surface area contributed by atoms with Crippen LogP contribution < -0.4 is 31.0 Å². The van der Waals surface area contributed by atoms with E-state index in [9.17, 15) is 27.6 Å². The third kappa shape index (κ3) is 8.19. The average Bonchev–Trinajstić information content (AvgIpc) is 3.62. The standard InChI is InChI=1S/C41H46N6O9S/c1-6-40(24-41(40,43)37(50)46-57(52,53)28-15-11-8-12-16-28)35(48)33-20-27(23-47(33)36(49)32(22-42)45-38(51)56-39(2,3)4)55-34-21-30(25-13-9-7-10-14-25)44-31-19-26(54-5)17-18-29(31)34/h6-19,21,27,32-33H,1,20,22-24,42-43H2,2-5H3,(H,45,51)(H,46,50)/t27-,32+,33+,40+,41+/m1/s1. The number of rotatable bonds is 13. The minimum absolute atomic E-state index is 0.0649. The predicted molar refractivity (Wildman–Crippen MR) is 211 cm³/mol. The van der Waals surface area contributed by atoms with Crippen LogP contribution in [0.15, 0.2) is 102 Å². The number of carbonyl (C=O) groups is 4. The lowest BCUT2D eigenvalue weighted by Gasteiger charge is -2.30. The van der Waals surface area contributed by atoms with Gasteiger partial charge in [-0.05, 0) is 51.5 Å².